The molecule has 1 aliphatic rings. The fourth-order valence-corrected chi connectivity index (χ4v) is 4.02. The van der Waals surface area contributed by atoms with E-state index in [-0.39, 0.29) is 5.09 Å². The van der Waals surface area contributed by atoms with Gasteiger partial charge in [0.1, 0.15) is 5.76 Å². The number of ether oxygens (including phenoxy) is 1. The van der Waals surface area contributed by atoms with Gasteiger partial charge in [0.2, 0.25) is 5.09 Å². The van der Waals surface area contributed by atoms with Crippen LogP contribution in [-0.4, -0.2) is 45.1 Å². The van der Waals surface area contributed by atoms with Crippen LogP contribution < -0.4 is 5.32 Å². The molecule has 2 rings (SSSR count). The van der Waals surface area contributed by atoms with Crippen LogP contribution in [-0.2, 0) is 21.3 Å². The summed E-state index contributed by atoms with van der Waals surface area (Å²) in [6, 6.07) is 3.23. The van der Waals surface area contributed by atoms with Crippen LogP contribution >= 0.6 is 0 Å². The molecule has 1 atom stereocenters. The van der Waals surface area contributed by atoms with Crippen molar-refractivity contribution in [3.05, 3.63) is 17.9 Å². The van der Waals surface area contributed by atoms with E-state index >= 15 is 0 Å². The Labute approximate surface area is 126 Å². The van der Waals surface area contributed by atoms with Gasteiger partial charge in [0, 0.05) is 20.2 Å². The van der Waals surface area contributed by atoms with Crippen molar-refractivity contribution < 1.29 is 17.6 Å². The molecule has 1 aromatic heterocycles. The van der Waals surface area contributed by atoms with E-state index in [4.69, 9.17) is 9.15 Å². The molecule has 120 valence electrons. The fraction of sp³-hybridized carbons (Fsp3) is 0.714. The number of methoxy groups -OCH3 is 1. The molecule has 2 heterocycles. The lowest BCUT2D eigenvalue weighted by Crippen LogP contribution is -2.49. The van der Waals surface area contributed by atoms with Crippen molar-refractivity contribution in [1.82, 2.24) is 9.62 Å². The monoisotopic (exact) mass is 316 g/mol. The summed E-state index contributed by atoms with van der Waals surface area (Å²) in [6.07, 6.45) is 1.65. The summed E-state index contributed by atoms with van der Waals surface area (Å²) < 4.78 is 37.6. The van der Waals surface area contributed by atoms with Crippen molar-refractivity contribution in [2.24, 2.45) is 0 Å². The van der Waals surface area contributed by atoms with Crippen LogP contribution in [0.5, 0.6) is 0 Å². The van der Waals surface area contributed by atoms with Gasteiger partial charge in [-0.15, -0.1) is 0 Å². The SMILES string of the molecule is CCNCc1ccc(S(=O)(=O)N2CCCC(C)(OC)C2)o1. The van der Waals surface area contributed by atoms with E-state index in [1.807, 2.05) is 13.8 Å². The first-order valence-electron chi connectivity index (χ1n) is 7.26. The second-order valence-electron chi connectivity index (χ2n) is 5.60. The minimum Gasteiger partial charge on any atom is -0.447 e. The summed E-state index contributed by atoms with van der Waals surface area (Å²) in [7, 11) is -1.97. The van der Waals surface area contributed by atoms with E-state index in [9.17, 15) is 8.42 Å². The lowest BCUT2D eigenvalue weighted by Gasteiger charge is -2.38. The van der Waals surface area contributed by atoms with Crippen molar-refractivity contribution >= 4 is 10.0 Å². The van der Waals surface area contributed by atoms with Gasteiger partial charge in [0.15, 0.2) is 0 Å². The number of rotatable bonds is 6. The minimum absolute atomic E-state index is 0.00996. The predicted molar refractivity (Wildman–Crippen MR) is 79.5 cm³/mol. The molecule has 1 unspecified atom stereocenters. The third kappa shape index (κ3) is 3.66. The Morgan fingerprint density at radius 1 is 1.48 bits per heavy atom. The Morgan fingerprint density at radius 2 is 2.24 bits per heavy atom. The van der Waals surface area contributed by atoms with Crippen LogP contribution in [0.1, 0.15) is 32.4 Å². The Hall–Kier alpha value is -0.890. The molecule has 1 aromatic rings. The Balaban J connectivity index is 2.15. The number of hydrogen-bond donors (Lipinski definition) is 1. The van der Waals surface area contributed by atoms with Crippen molar-refractivity contribution in [3.8, 4) is 0 Å². The zero-order valence-electron chi connectivity index (χ0n) is 12.9. The zero-order valence-corrected chi connectivity index (χ0v) is 13.7. The first-order chi connectivity index (χ1) is 9.91. The maximum atomic E-state index is 12.6. The van der Waals surface area contributed by atoms with Crippen LogP contribution in [0.2, 0.25) is 0 Å². The maximum absolute atomic E-state index is 12.6. The van der Waals surface area contributed by atoms with Gasteiger partial charge < -0.3 is 14.5 Å². The van der Waals surface area contributed by atoms with Gasteiger partial charge in [0.05, 0.1) is 12.1 Å². The maximum Gasteiger partial charge on any atom is 0.276 e. The van der Waals surface area contributed by atoms with Crippen LogP contribution in [0.15, 0.2) is 21.6 Å². The standard InChI is InChI=1S/C14H24N2O4S/c1-4-15-10-12-6-7-13(20-12)21(17,18)16-9-5-8-14(2,11-16)19-3/h6-7,15H,4-5,8-11H2,1-3H3. The van der Waals surface area contributed by atoms with E-state index in [0.717, 1.165) is 19.4 Å². The number of furan rings is 1. The molecule has 7 heteroatoms. The highest BCUT2D eigenvalue weighted by molar-refractivity contribution is 7.89. The summed E-state index contributed by atoms with van der Waals surface area (Å²) in [5.41, 5.74) is -0.426. The molecule has 0 radical (unpaired) electrons. The number of nitrogens with zero attached hydrogens (tertiary/aromatic N) is 1. The Kier molecular flexibility index (Phi) is 5.08. The molecule has 6 nitrogen and oxygen atoms in total. The molecule has 0 bridgehead atoms. The fourth-order valence-electron chi connectivity index (χ4n) is 2.50. The largest absolute Gasteiger partial charge is 0.447 e. The lowest BCUT2D eigenvalue weighted by atomic mass is 9.96. The average molecular weight is 316 g/mol. The molecular weight excluding hydrogens is 292 g/mol. The third-order valence-electron chi connectivity index (χ3n) is 3.90. The normalized spacial score (nSPS) is 24.3. The predicted octanol–water partition coefficient (Wildman–Crippen LogP) is 1.58. The lowest BCUT2D eigenvalue weighted by molar-refractivity contribution is -0.0321. The first-order valence-corrected chi connectivity index (χ1v) is 8.70. The second-order valence-corrected chi connectivity index (χ2v) is 7.47. The van der Waals surface area contributed by atoms with E-state index in [0.29, 0.717) is 25.4 Å². The molecule has 1 fully saturated rings. The van der Waals surface area contributed by atoms with Gasteiger partial charge in [0.25, 0.3) is 10.0 Å². The summed E-state index contributed by atoms with van der Waals surface area (Å²) in [5.74, 6) is 0.627. The van der Waals surface area contributed by atoms with Gasteiger partial charge in [-0.05, 0) is 38.4 Å². The molecule has 0 amide bonds. The summed E-state index contributed by atoms with van der Waals surface area (Å²) >= 11 is 0. The van der Waals surface area contributed by atoms with Gasteiger partial charge in [-0.25, -0.2) is 8.42 Å². The van der Waals surface area contributed by atoms with Crippen molar-refractivity contribution in [1.29, 1.82) is 0 Å². The molecular formula is C14H24N2O4S. The highest BCUT2D eigenvalue weighted by atomic mass is 32.2. The van der Waals surface area contributed by atoms with Gasteiger partial charge in [-0.2, -0.15) is 4.31 Å². The second kappa shape index (κ2) is 6.48. The number of sulfonamides is 1. The zero-order chi connectivity index (χ0) is 15.5. The van der Waals surface area contributed by atoms with E-state index in [1.54, 1.807) is 13.2 Å². The Bertz CT molecular complexity index is 569. The summed E-state index contributed by atoms with van der Waals surface area (Å²) in [4.78, 5) is 0. The molecule has 1 aliphatic heterocycles. The van der Waals surface area contributed by atoms with Crippen LogP contribution in [0.3, 0.4) is 0 Å². The van der Waals surface area contributed by atoms with Gasteiger partial charge >= 0.3 is 0 Å². The van der Waals surface area contributed by atoms with E-state index in [1.165, 1.54) is 10.4 Å². The highest BCUT2D eigenvalue weighted by Crippen LogP contribution is 2.28. The number of hydrogen-bond acceptors (Lipinski definition) is 5. The van der Waals surface area contributed by atoms with Gasteiger partial charge in [-0.1, -0.05) is 6.92 Å². The highest BCUT2D eigenvalue weighted by Gasteiger charge is 2.38. The first kappa shape index (κ1) is 16.5. The molecule has 21 heavy (non-hydrogen) atoms. The molecule has 0 aromatic carbocycles. The average Bonchev–Trinajstić information content (AvgIpc) is 2.95. The van der Waals surface area contributed by atoms with Gasteiger partial charge in [-0.3, -0.25) is 0 Å². The number of nitrogens with one attached hydrogen (secondary N) is 1. The molecule has 1 N–H and O–H groups in total. The third-order valence-corrected chi connectivity index (χ3v) is 5.62. The van der Waals surface area contributed by atoms with E-state index < -0.39 is 15.6 Å². The van der Waals surface area contributed by atoms with Crippen LogP contribution in [0.25, 0.3) is 0 Å². The van der Waals surface area contributed by atoms with Crippen molar-refractivity contribution in [3.63, 3.8) is 0 Å². The summed E-state index contributed by atoms with van der Waals surface area (Å²) in [6.45, 7) is 6.12. The molecule has 0 aliphatic carbocycles. The quantitative estimate of drug-likeness (QED) is 0.862. The minimum atomic E-state index is -3.59. The Morgan fingerprint density at radius 3 is 2.90 bits per heavy atom. The smallest absolute Gasteiger partial charge is 0.276 e. The number of piperidine rings is 1. The van der Waals surface area contributed by atoms with E-state index in [2.05, 4.69) is 5.32 Å². The van der Waals surface area contributed by atoms with Crippen molar-refractivity contribution in [2.75, 3.05) is 26.7 Å². The molecule has 0 saturated carbocycles. The van der Waals surface area contributed by atoms with Crippen LogP contribution in [0.4, 0.5) is 0 Å². The topological polar surface area (TPSA) is 71.8 Å². The van der Waals surface area contributed by atoms with Crippen LogP contribution in [0, 0.1) is 0 Å². The molecule has 0 spiro atoms. The van der Waals surface area contributed by atoms with Crippen molar-refractivity contribution in [2.45, 2.75) is 43.9 Å². The summed E-state index contributed by atoms with van der Waals surface area (Å²) in [5, 5.41) is 3.12. The molecule has 1 saturated heterocycles.